The van der Waals surface area contributed by atoms with E-state index in [1.807, 2.05) is 11.8 Å². The first-order valence-corrected chi connectivity index (χ1v) is 5.76. The van der Waals surface area contributed by atoms with E-state index in [0.29, 0.717) is 30.9 Å². The van der Waals surface area contributed by atoms with Crippen molar-refractivity contribution in [2.24, 2.45) is 10.9 Å². The highest BCUT2D eigenvalue weighted by Crippen LogP contribution is 2.22. The molecular formula is C12H16FN3O2. The van der Waals surface area contributed by atoms with Crippen LogP contribution in [-0.4, -0.2) is 36.8 Å². The molecule has 1 aromatic carbocycles. The van der Waals surface area contributed by atoms with Crippen LogP contribution in [0, 0.1) is 5.82 Å². The molecule has 1 saturated heterocycles. The standard InChI is InChI=1S/C12H16FN3O2/c1-8-7-16(4-5-18-8)11-3-2-9(6-10(11)13)12(14)15-17/h2-3,6,8,17H,4-5,7H2,1H3,(H2,14,15). The lowest BCUT2D eigenvalue weighted by Crippen LogP contribution is -2.41. The Balaban J connectivity index is 2.24. The molecule has 0 saturated carbocycles. The second-order valence-electron chi connectivity index (χ2n) is 4.28. The van der Waals surface area contributed by atoms with Gasteiger partial charge in [-0.3, -0.25) is 0 Å². The number of ether oxygens (including phenoxy) is 1. The minimum atomic E-state index is -0.381. The zero-order valence-corrected chi connectivity index (χ0v) is 10.1. The van der Waals surface area contributed by atoms with Crippen LogP contribution in [0.1, 0.15) is 12.5 Å². The molecule has 1 aliphatic heterocycles. The van der Waals surface area contributed by atoms with E-state index in [2.05, 4.69) is 5.16 Å². The molecule has 1 heterocycles. The summed E-state index contributed by atoms with van der Waals surface area (Å²) in [6, 6.07) is 4.54. The molecule has 1 fully saturated rings. The number of nitrogens with zero attached hydrogens (tertiary/aromatic N) is 2. The topological polar surface area (TPSA) is 71.1 Å². The Labute approximate surface area is 105 Å². The van der Waals surface area contributed by atoms with Crippen molar-refractivity contribution in [1.29, 1.82) is 0 Å². The highest BCUT2D eigenvalue weighted by molar-refractivity contribution is 5.97. The second-order valence-corrected chi connectivity index (χ2v) is 4.28. The molecule has 1 atom stereocenters. The minimum Gasteiger partial charge on any atom is -0.409 e. The minimum absolute atomic E-state index is 0.0851. The van der Waals surface area contributed by atoms with Crippen LogP contribution in [0.4, 0.5) is 10.1 Å². The first-order valence-electron chi connectivity index (χ1n) is 5.76. The first-order chi connectivity index (χ1) is 8.61. The van der Waals surface area contributed by atoms with Crippen molar-refractivity contribution in [2.45, 2.75) is 13.0 Å². The number of hydrogen-bond donors (Lipinski definition) is 2. The van der Waals surface area contributed by atoms with Gasteiger partial charge in [0, 0.05) is 18.7 Å². The molecule has 0 aromatic heterocycles. The number of morpholine rings is 1. The number of anilines is 1. The maximum absolute atomic E-state index is 14.0. The SMILES string of the molecule is CC1CN(c2ccc(/C(N)=N/O)cc2F)CCO1. The molecule has 3 N–H and O–H groups in total. The number of hydrogen-bond acceptors (Lipinski definition) is 4. The van der Waals surface area contributed by atoms with Crippen LogP contribution in [0.5, 0.6) is 0 Å². The van der Waals surface area contributed by atoms with Crippen LogP contribution < -0.4 is 10.6 Å². The van der Waals surface area contributed by atoms with Crippen molar-refractivity contribution in [3.05, 3.63) is 29.6 Å². The predicted octanol–water partition coefficient (Wildman–Crippen LogP) is 1.15. The van der Waals surface area contributed by atoms with Gasteiger partial charge in [-0.05, 0) is 25.1 Å². The van der Waals surface area contributed by atoms with Crippen molar-refractivity contribution in [3.8, 4) is 0 Å². The van der Waals surface area contributed by atoms with Crippen molar-refractivity contribution in [3.63, 3.8) is 0 Å². The van der Waals surface area contributed by atoms with Crippen LogP contribution in [0.2, 0.25) is 0 Å². The quantitative estimate of drug-likeness (QED) is 0.359. The van der Waals surface area contributed by atoms with Crippen molar-refractivity contribution < 1.29 is 14.3 Å². The highest BCUT2D eigenvalue weighted by atomic mass is 19.1. The molecular weight excluding hydrogens is 237 g/mol. The highest BCUT2D eigenvalue weighted by Gasteiger charge is 2.19. The molecule has 6 heteroatoms. The zero-order chi connectivity index (χ0) is 13.1. The maximum Gasteiger partial charge on any atom is 0.170 e. The Morgan fingerprint density at radius 1 is 1.61 bits per heavy atom. The molecule has 1 aliphatic rings. The largest absolute Gasteiger partial charge is 0.409 e. The van der Waals surface area contributed by atoms with Gasteiger partial charge in [0.05, 0.1) is 18.4 Å². The molecule has 1 unspecified atom stereocenters. The van der Waals surface area contributed by atoms with Crippen molar-refractivity contribution in [1.82, 2.24) is 0 Å². The zero-order valence-electron chi connectivity index (χ0n) is 10.1. The van der Waals surface area contributed by atoms with E-state index in [-0.39, 0.29) is 17.8 Å². The summed E-state index contributed by atoms with van der Waals surface area (Å²) in [6.45, 7) is 3.85. The lowest BCUT2D eigenvalue weighted by molar-refractivity contribution is 0.0530. The molecule has 2 rings (SSSR count). The fraction of sp³-hybridized carbons (Fsp3) is 0.417. The van der Waals surface area contributed by atoms with E-state index in [1.54, 1.807) is 12.1 Å². The molecule has 0 aliphatic carbocycles. The van der Waals surface area contributed by atoms with Crippen LogP contribution in [-0.2, 0) is 4.74 Å². The van der Waals surface area contributed by atoms with E-state index in [4.69, 9.17) is 15.7 Å². The van der Waals surface area contributed by atoms with Crippen LogP contribution in [0.3, 0.4) is 0 Å². The lowest BCUT2D eigenvalue weighted by atomic mass is 10.1. The number of nitrogens with two attached hydrogens (primary N) is 1. The number of oxime groups is 1. The monoisotopic (exact) mass is 253 g/mol. The smallest absolute Gasteiger partial charge is 0.170 e. The summed E-state index contributed by atoms with van der Waals surface area (Å²) in [6.07, 6.45) is 0.0851. The van der Waals surface area contributed by atoms with E-state index < -0.39 is 0 Å². The van der Waals surface area contributed by atoms with Gasteiger partial charge in [0.1, 0.15) is 5.82 Å². The Morgan fingerprint density at radius 3 is 3.00 bits per heavy atom. The average Bonchev–Trinajstić information content (AvgIpc) is 2.37. The van der Waals surface area contributed by atoms with E-state index in [1.165, 1.54) is 6.07 Å². The van der Waals surface area contributed by atoms with E-state index >= 15 is 0 Å². The van der Waals surface area contributed by atoms with Gasteiger partial charge in [0.15, 0.2) is 5.84 Å². The van der Waals surface area contributed by atoms with Gasteiger partial charge in [-0.2, -0.15) is 0 Å². The third-order valence-corrected chi connectivity index (χ3v) is 2.93. The second kappa shape index (κ2) is 5.22. The number of amidine groups is 1. The summed E-state index contributed by atoms with van der Waals surface area (Å²) in [5.41, 5.74) is 6.29. The summed E-state index contributed by atoms with van der Waals surface area (Å²) in [7, 11) is 0. The van der Waals surface area contributed by atoms with Gasteiger partial charge >= 0.3 is 0 Å². The van der Waals surface area contributed by atoms with Crippen LogP contribution in [0.15, 0.2) is 23.4 Å². The number of rotatable bonds is 2. The third kappa shape index (κ3) is 2.53. The van der Waals surface area contributed by atoms with Crippen LogP contribution in [0.25, 0.3) is 0 Å². The first kappa shape index (κ1) is 12.6. The normalized spacial score (nSPS) is 21.1. The summed E-state index contributed by atoms with van der Waals surface area (Å²) in [4.78, 5) is 1.93. The summed E-state index contributed by atoms with van der Waals surface area (Å²) >= 11 is 0. The van der Waals surface area contributed by atoms with Gasteiger partial charge in [0.25, 0.3) is 0 Å². The molecule has 5 nitrogen and oxygen atoms in total. The maximum atomic E-state index is 14.0. The number of halogens is 1. The Hall–Kier alpha value is -1.82. The van der Waals surface area contributed by atoms with Crippen molar-refractivity contribution in [2.75, 3.05) is 24.6 Å². The fourth-order valence-corrected chi connectivity index (χ4v) is 2.02. The molecule has 18 heavy (non-hydrogen) atoms. The van der Waals surface area contributed by atoms with Gasteiger partial charge in [0.2, 0.25) is 0 Å². The van der Waals surface area contributed by atoms with Crippen molar-refractivity contribution >= 4 is 11.5 Å². The van der Waals surface area contributed by atoms with E-state index in [9.17, 15) is 4.39 Å². The molecule has 98 valence electrons. The van der Waals surface area contributed by atoms with Gasteiger partial charge in [-0.15, -0.1) is 0 Å². The predicted molar refractivity (Wildman–Crippen MR) is 66.5 cm³/mol. The molecule has 0 spiro atoms. The summed E-state index contributed by atoms with van der Waals surface area (Å²) in [5, 5.41) is 11.4. The molecule has 0 radical (unpaired) electrons. The summed E-state index contributed by atoms with van der Waals surface area (Å²) in [5.74, 6) is -0.482. The Bertz CT molecular complexity index is 465. The van der Waals surface area contributed by atoms with Crippen LogP contribution >= 0.6 is 0 Å². The Kier molecular flexibility index (Phi) is 3.66. The van der Waals surface area contributed by atoms with E-state index in [0.717, 1.165) is 0 Å². The molecule has 0 amide bonds. The van der Waals surface area contributed by atoms with Gasteiger partial charge in [-0.1, -0.05) is 5.16 Å². The number of benzene rings is 1. The molecule has 1 aromatic rings. The van der Waals surface area contributed by atoms with Gasteiger partial charge in [-0.25, -0.2) is 4.39 Å². The van der Waals surface area contributed by atoms with Gasteiger partial charge < -0.3 is 20.6 Å². The average molecular weight is 253 g/mol. The molecule has 0 bridgehead atoms. The fourth-order valence-electron chi connectivity index (χ4n) is 2.02. The third-order valence-electron chi connectivity index (χ3n) is 2.93. The Morgan fingerprint density at radius 2 is 2.39 bits per heavy atom. The lowest BCUT2D eigenvalue weighted by Gasteiger charge is -2.33. The summed E-state index contributed by atoms with van der Waals surface area (Å²) < 4.78 is 19.4.